The van der Waals surface area contributed by atoms with E-state index in [0.717, 1.165) is 12.8 Å². The Balaban J connectivity index is 2.97. The summed E-state index contributed by atoms with van der Waals surface area (Å²) in [5.74, 6) is 0. The Morgan fingerprint density at radius 2 is 1.75 bits per heavy atom. The van der Waals surface area contributed by atoms with Gasteiger partial charge in [-0.05, 0) is 12.8 Å². The largest absolute Gasteiger partial charge is 0.393 e. The number of rotatable bonds is 8. The highest BCUT2D eigenvalue weighted by molar-refractivity contribution is 4.54. The highest BCUT2D eigenvalue weighted by Crippen LogP contribution is 2.08. The molecule has 1 atom stereocenters. The molecule has 0 amide bonds. The average molecular weight is 173 g/mol. The first-order chi connectivity index (χ1) is 5.81. The predicted octanol–water partition coefficient (Wildman–Crippen LogP) is 2.53. The van der Waals surface area contributed by atoms with Crippen LogP contribution in [-0.4, -0.2) is 17.8 Å². The molecule has 73 valence electrons. The summed E-state index contributed by atoms with van der Waals surface area (Å²) >= 11 is 0. The fourth-order valence-corrected chi connectivity index (χ4v) is 1.26. The van der Waals surface area contributed by atoms with Crippen molar-refractivity contribution in [3.63, 3.8) is 0 Å². The molecule has 2 nitrogen and oxygen atoms in total. The second-order valence-corrected chi connectivity index (χ2v) is 3.35. The van der Waals surface area contributed by atoms with E-state index in [1.54, 1.807) is 0 Å². The Hall–Kier alpha value is -0.0800. The first-order valence-corrected chi connectivity index (χ1v) is 5.07. The van der Waals surface area contributed by atoms with Crippen LogP contribution in [0.1, 0.15) is 51.9 Å². The van der Waals surface area contributed by atoms with Gasteiger partial charge in [0.15, 0.2) is 0 Å². The molecule has 0 aromatic carbocycles. The maximum absolute atomic E-state index is 10.1. The van der Waals surface area contributed by atoms with Crippen molar-refractivity contribution in [2.45, 2.75) is 58.0 Å². The molecule has 0 fully saturated rings. The van der Waals surface area contributed by atoms with Crippen LogP contribution in [0.3, 0.4) is 0 Å². The van der Waals surface area contributed by atoms with Crippen molar-refractivity contribution in [2.75, 3.05) is 6.61 Å². The van der Waals surface area contributed by atoms with Crippen molar-refractivity contribution in [1.82, 2.24) is 0 Å². The lowest BCUT2D eigenvalue weighted by Crippen LogP contribution is -2.07. The molecule has 0 saturated carbocycles. The van der Waals surface area contributed by atoms with Gasteiger partial charge in [0.05, 0.1) is 12.7 Å². The summed E-state index contributed by atoms with van der Waals surface area (Å²) in [4.78, 5) is 0. The van der Waals surface area contributed by atoms with E-state index in [9.17, 15) is 10.2 Å². The number of aliphatic hydroxyl groups is 1. The van der Waals surface area contributed by atoms with Crippen LogP contribution in [0.15, 0.2) is 0 Å². The summed E-state index contributed by atoms with van der Waals surface area (Å²) in [6.07, 6.45) is 6.97. The molecule has 0 saturated heterocycles. The van der Waals surface area contributed by atoms with E-state index in [0.29, 0.717) is 6.42 Å². The molecular formula is C10H21O2. The van der Waals surface area contributed by atoms with Crippen LogP contribution >= 0.6 is 0 Å². The van der Waals surface area contributed by atoms with Gasteiger partial charge in [0.2, 0.25) is 0 Å². The number of hydrogen-bond acceptors (Lipinski definition) is 1. The van der Waals surface area contributed by atoms with E-state index >= 15 is 0 Å². The molecule has 0 aromatic rings. The van der Waals surface area contributed by atoms with Crippen molar-refractivity contribution in [3.8, 4) is 0 Å². The molecule has 1 N–H and O–H groups in total. The minimum absolute atomic E-state index is 0.143. The Morgan fingerprint density at radius 1 is 1.08 bits per heavy atom. The Morgan fingerprint density at radius 3 is 2.33 bits per heavy atom. The first kappa shape index (κ1) is 11.9. The lowest BCUT2D eigenvalue weighted by molar-refractivity contribution is 0.0966. The van der Waals surface area contributed by atoms with Crippen molar-refractivity contribution in [2.24, 2.45) is 0 Å². The van der Waals surface area contributed by atoms with Gasteiger partial charge in [-0.1, -0.05) is 39.0 Å². The maximum atomic E-state index is 10.1. The van der Waals surface area contributed by atoms with Gasteiger partial charge < -0.3 is 5.11 Å². The minimum atomic E-state index is -0.343. The van der Waals surface area contributed by atoms with E-state index < -0.39 is 0 Å². The third-order valence-corrected chi connectivity index (χ3v) is 2.09. The third kappa shape index (κ3) is 8.02. The van der Waals surface area contributed by atoms with Gasteiger partial charge in [0.25, 0.3) is 0 Å². The molecule has 1 unspecified atom stereocenters. The highest BCUT2D eigenvalue weighted by Gasteiger charge is 2.02. The monoisotopic (exact) mass is 173 g/mol. The summed E-state index contributed by atoms with van der Waals surface area (Å²) in [6.45, 7) is 2.04. The third-order valence-electron chi connectivity index (χ3n) is 2.09. The van der Waals surface area contributed by atoms with E-state index in [-0.39, 0.29) is 12.7 Å². The van der Waals surface area contributed by atoms with Crippen molar-refractivity contribution < 1.29 is 10.2 Å². The maximum Gasteiger partial charge on any atom is 0.0846 e. The molecule has 0 heterocycles. The molecule has 0 aliphatic rings. The Kier molecular flexibility index (Phi) is 8.95. The summed E-state index contributed by atoms with van der Waals surface area (Å²) < 4.78 is 0. The summed E-state index contributed by atoms with van der Waals surface area (Å²) in [6, 6.07) is 0. The van der Waals surface area contributed by atoms with Gasteiger partial charge in [-0.2, -0.15) is 0 Å². The van der Waals surface area contributed by atoms with Crippen LogP contribution in [0.4, 0.5) is 0 Å². The second-order valence-electron chi connectivity index (χ2n) is 3.35. The molecule has 0 bridgehead atoms. The Labute approximate surface area is 75.6 Å². The van der Waals surface area contributed by atoms with Crippen LogP contribution in [0.5, 0.6) is 0 Å². The van der Waals surface area contributed by atoms with Crippen LogP contribution in [-0.2, 0) is 5.11 Å². The molecule has 0 aliphatic heterocycles. The lowest BCUT2D eigenvalue weighted by atomic mass is 10.1. The molecule has 0 rings (SSSR count). The van der Waals surface area contributed by atoms with Gasteiger partial charge in [0, 0.05) is 0 Å². The summed E-state index contributed by atoms with van der Waals surface area (Å²) in [5, 5.41) is 19.3. The normalized spacial score (nSPS) is 13.2. The number of hydrogen-bond donors (Lipinski definition) is 1. The van der Waals surface area contributed by atoms with E-state index in [2.05, 4.69) is 6.92 Å². The van der Waals surface area contributed by atoms with Gasteiger partial charge in [-0.15, -0.1) is 0 Å². The van der Waals surface area contributed by atoms with Gasteiger partial charge >= 0.3 is 0 Å². The zero-order valence-electron chi connectivity index (χ0n) is 8.09. The fraction of sp³-hybridized carbons (Fsp3) is 1.00. The molecule has 1 radical (unpaired) electrons. The van der Waals surface area contributed by atoms with Crippen LogP contribution in [0.25, 0.3) is 0 Å². The molecule has 12 heavy (non-hydrogen) atoms. The van der Waals surface area contributed by atoms with Crippen molar-refractivity contribution in [1.29, 1.82) is 0 Å². The SMILES string of the molecule is CCCCCCCC(O)CC[O]. The molecular weight excluding hydrogens is 152 g/mol. The van der Waals surface area contributed by atoms with Gasteiger partial charge in [-0.3, -0.25) is 0 Å². The van der Waals surface area contributed by atoms with Crippen molar-refractivity contribution >= 4 is 0 Å². The minimum Gasteiger partial charge on any atom is -0.393 e. The van der Waals surface area contributed by atoms with Crippen LogP contribution in [0, 0.1) is 0 Å². The van der Waals surface area contributed by atoms with E-state index in [1.165, 1.54) is 25.7 Å². The highest BCUT2D eigenvalue weighted by atomic mass is 16.3. The van der Waals surface area contributed by atoms with Gasteiger partial charge in [-0.25, -0.2) is 5.11 Å². The van der Waals surface area contributed by atoms with Crippen LogP contribution in [0.2, 0.25) is 0 Å². The molecule has 0 aliphatic carbocycles. The topological polar surface area (TPSA) is 40.1 Å². The van der Waals surface area contributed by atoms with Gasteiger partial charge in [0.1, 0.15) is 0 Å². The predicted molar refractivity (Wildman–Crippen MR) is 49.6 cm³/mol. The first-order valence-electron chi connectivity index (χ1n) is 5.07. The quantitative estimate of drug-likeness (QED) is 0.563. The molecule has 2 heteroatoms. The van der Waals surface area contributed by atoms with E-state index in [1.807, 2.05) is 0 Å². The Bertz CT molecular complexity index is 83.9. The standard InChI is InChI=1S/C10H21O2/c1-2-3-4-5-6-7-10(12)8-9-11/h10,12H,2-9H2,1H3. The van der Waals surface area contributed by atoms with Crippen molar-refractivity contribution in [3.05, 3.63) is 0 Å². The fourth-order valence-electron chi connectivity index (χ4n) is 1.26. The van der Waals surface area contributed by atoms with E-state index in [4.69, 9.17) is 0 Å². The average Bonchev–Trinajstić information content (AvgIpc) is 2.05. The zero-order valence-corrected chi connectivity index (χ0v) is 8.09. The van der Waals surface area contributed by atoms with Crippen LogP contribution < -0.4 is 0 Å². The number of unbranched alkanes of at least 4 members (excludes halogenated alkanes) is 4. The zero-order chi connectivity index (χ0) is 9.23. The molecule has 0 aromatic heterocycles. The summed E-state index contributed by atoms with van der Waals surface area (Å²) in [7, 11) is 0. The smallest absolute Gasteiger partial charge is 0.0846 e. The molecule has 0 spiro atoms. The second kappa shape index (κ2) is 9.01. The lowest BCUT2D eigenvalue weighted by Gasteiger charge is -2.06. The number of aliphatic hydroxyl groups excluding tert-OH is 1. The summed E-state index contributed by atoms with van der Waals surface area (Å²) in [5.41, 5.74) is 0.